The molecule has 0 spiro atoms. The van der Waals surface area contributed by atoms with Gasteiger partial charge in [-0.05, 0) is 12.8 Å². The normalized spacial score (nSPS) is 10.0. The van der Waals surface area contributed by atoms with Gasteiger partial charge in [-0.2, -0.15) is 0 Å². The molecule has 0 aliphatic rings. The molecule has 0 amide bonds. The summed E-state index contributed by atoms with van der Waals surface area (Å²) in [5.74, 6) is -1.95. The van der Waals surface area contributed by atoms with Gasteiger partial charge in [0.05, 0.1) is 12.9 Å². The van der Waals surface area contributed by atoms with Crippen LogP contribution in [0.25, 0.3) is 0 Å². The van der Waals surface area contributed by atoms with Crippen LogP contribution in [0.4, 0.5) is 0 Å². The number of carboxylic acids is 1. The Morgan fingerprint density at radius 3 is 2.14 bits per heavy atom. The molecule has 0 atom stereocenters. The molecule has 0 fully saturated rings. The summed E-state index contributed by atoms with van der Waals surface area (Å²) in [7, 11) is 0. The average Bonchev–Trinajstić information content (AvgIpc) is 2.44. The quantitative estimate of drug-likeness (QED) is 0.304. The molecule has 6 heteroatoms. The van der Waals surface area contributed by atoms with Crippen molar-refractivity contribution in [2.45, 2.75) is 52.9 Å². The lowest BCUT2D eigenvalue weighted by Crippen LogP contribution is -2.10. The molecule has 0 radical (unpaired) electrons. The summed E-state index contributed by atoms with van der Waals surface area (Å²) in [6, 6.07) is 0. The number of hydrogen-bond acceptors (Lipinski definition) is 5. The van der Waals surface area contributed by atoms with Crippen LogP contribution in [0.15, 0.2) is 24.5 Å². The molecule has 0 heterocycles. The smallest absolute Gasteiger partial charge is 0.334 e. The second-order valence-corrected chi connectivity index (χ2v) is 4.33. The van der Waals surface area contributed by atoms with E-state index in [9.17, 15) is 14.4 Å². The first-order valence-corrected chi connectivity index (χ1v) is 7.27. The Hall–Kier alpha value is -2.11. The lowest BCUT2D eigenvalue weighted by Gasteiger charge is -2.05. The van der Waals surface area contributed by atoms with E-state index in [4.69, 9.17) is 9.84 Å². The van der Waals surface area contributed by atoms with Gasteiger partial charge < -0.3 is 14.6 Å². The summed E-state index contributed by atoms with van der Waals surface area (Å²) < 4.78 is 9.14. The molecule has 0 saturated heterocycles. The first-order chi connectivity index (χ1) is 10.4. The summed E-state index contributed by atoms with van der Waals surface area (Å²) in [6.45, 7) is 8.69. The summed E-state index contributed by atoms with van der Waals surface area (Å²) >= 11 is 0. The van der Waals surface area contributed by atoms with E-state index in [2.05, 4.69) is 18.2 Å². The lowest BCUT2D eigenvalue weighted by molar-refractivity contribution is -0.140. The van der Waals surface area contributed by atoms with Crippen LogP contribution in [0.5, 0.6) is 0 Å². The number of carbonyl (C=O) groups excluding carboxylic acids is 2. The van der Waals surface area contributed by atoms with Crippen molar-refractivity contribution in [1.82, 2.24) is 0 Å². The number of hydrogen-bond donors (Lipinski definition) is 1. The molecule has 22 heavy (non-hydrogen) atoms. The number of ether oxygens (including phenoxy) is 2. The standard InChI is InChI=1S/C12H20O4.C4H6O2/c1-3-5-6-7-8-16-12(15)10(4-2)9-11(13)14;1-3-6-4(2)5/h9H,3-8H2,1-2H3,(H,13,14);3H,1H2,2H3/b10-9-;. The first kappa shape index (κ1) is 22.2. The Kier molecular flexibility index (Phi) is 15.4. The van der Waals surface area contributed by atoms with Crippen molar-refractivity contribution >= 4 is 17.9 Å². The molecule has 0 bridgehead atoms. The maximum atomic E-state index is 11.4. The molecule has 0 aliphatic carbocycles. The van der Waals surface area contributed by atoms with Gasteiger partial charge in [0, 0.05) is 18.6 Å². The summed E-state index contributed by atoms with van der Waals surface area (Å²) in [5, 5.41) is 8.52. The molecule has 6 nitrogen and oxygen atoms in total. The van der Waals surface area contributed by atoms with Gasteiger partial charge in [-0.1, -0.05) is 39.7 Å². The van der Waals surface area contributed by atoms with Crippen LogP contribution >= 0.6 is 0 Å². The second-order valence-electron chi connectivity index (χ2n) is 4.33. The van der Waals surface area contributed by atoms with Gasteiger partial charge in [0.25, 0.3) is 0 Å². The van der Waals surface area contributed by atoms with Crippen molar-refractivity contribution in [1.29, 1.82) is 0 Å². The van der Waals surface area contributed by atoms with Crippen LogP contribution in [0.1, 0.15) is 52.9 Å². The van der Waals surface area contributed by atoms with E-state index in [1.54, 1.807) is 6.92 Å². The Morgan fingerprint density at radius 1 is 1.14 bits per heavy atom. The molecular formula is C16H26O6. The van der Waals surface area contributed by atoms with E-state index in [-0.39, 0.29) is 11.5 Å². The molecule has 1 N–H and O–H groups in total. The Balaban J connectivity index is 0. The molecule has 0 aliphatic heterocycles. The van der Waals surface area contributed by atoms with Gasteiger partial charge in [-0.25, -0.2) is 9.59 Å². The zero-order chi connectivity index (χ0) is 17.4. The fraction of sp³-hybridized carbons (Fsp3) is 0.562. The highest BCUT2D eigenvalue weighted by Crippen LogP contribution is 2.05. The third kappa shape index (κ3) is 15.9. The van der Waals surface area contributed by atoms with Gasteiger partial charge in [-0.15, -0.1) is 0 Å². The third-order valence-electron chi connectivity index (χ3n) is 2.42. The molecule has 0 rings (SSSR count). The monoisotopic (exact) mass is 314 g/mol. The highest BCUT2D eigenvalue weighted by molar-refractivity contribution is 5.95. The number of carbonyl (C=O) groups is 3. The number of carboxylic acid groups (broad SMARTS) is 1. The number of esters is 2. The largest absolute Gasteiger partial charge is 0.478 e. The Morgan fingerprint density at radius 2 is 1.77 bits per heavy atom. The molecular weight excluding hydrogens is 288 g/mol. The Bertz CT molecular complexity index is 384. The van der Waals surface area contributed by atoms with E-state index in [0.717, 1.165) is 38.0 Å². The fourth-order valence-electron chi connectivity index (χ4n) is 1.36. The minimum atomic E-state index is -1.11. The van der Waals surface area contributed by atoms with Crippen LogP contribution in [0.3, 0.4) is 0 Å². The summed E-state index contributed by atoms with van der Waals surface area (Å²) in [5.41, 5.74) is 0.211. The first-order valence-electron chi connectivity index (χ1n) is 7.27. The highest BCUT2D eigenvalue weighted by Gasteiger charge is 2.10. The molecule has 0 saturated carbocycles. The third-order valence-corrected chi connectivity index (χ3v) is 2.42. The molecule has 126 valence electrons. The zero-order valence-corrected chi connectivity index (χ0v) is 13.6. The topological polar surface area (TPSA) is 89.9 Å². The Labute approximate surface area is 131 Å². The van der Waals surface area contributed by atoms with Crippen LogP contribution in [0.2, 0.25) is 0 Å². The molecule has 0 unspecified atom stereocenters. The van der Waals surface area contributed by atoms with Crippen molar-refractivity contribution in [2.75, 3.05) is 6.61 Å². The summed E-state index contributed by atoms with van der Waals surface area (Å²) in [6.07, 6.45) is 6.52. The van der Waals surface area contributed by atoms with Crippen molar-refractivity contribution in [3.63, 3.8) is 0 Å². The maximum Gasteiger partial charge on any atom is 0.334 e. The second kappa shape index (κ2) is 15.3. The number of aliphatic carboxylic acids is 1. The minimum absolute atomic E-state index is 0.211. The van der Waals surface area contributed by atoms with Gasteiger partial charge in [0.15, 0.2) is 0 Å². The SMILES string of the molecule is C=COC(C)=O.CCCCCCOC(=O)/C(=C\C(=O)O)CC. The highest BCUT2D eigenvalue weighted by atomic mass is 16.5. The van der Waals surface area contributed by atoms with Crippen LogP contribution in [0, 0.1) is 0 Å². The maximum absolute atomic E-state index is 11.4. The summed E-state index contributed by atoms with van der Waals surface area (Å²) in [4.78, 5) is 31.5. The van der Waals surface area contributed by atoms with Crippen molar-refractivity contribution in [3.05, 3.63) is 24.5 Å². The van der Waals surface area contributed by atoms with E-state index in [0.29, 0.717) is 13.0 Å². The van der Waals surface area contributed by atoms with Crippen LogP contribution in [-0.2, 0) is 23.9 Å². The lowest BCUT2D eigenvalue weighted by atomic mass is 10.2. The van der Waals surface area contributed by atoms with Crippen molar-refractivity contribution < 1.29 is 29.0 Å². The van der Waals surface area contributed by atoms with Gasteiger partial charge in [0.2, 0.25) is 0 Å². The predicted octanol–water partition coefficient (Wildman–Crippen LogP) is 3.22. The van der Waals surface area contributed by atoms with Gasteiger partial charge in [0.1, 0.15) is 0 Å². The predicted molar refractivity (Wildman–Crippen MR) is 83.1 cm³/mol. The van der Waals surface area contributed by atoms with Gasteiger partial charge in [-0.3, -0.25) is 4.79 Å². The van der Waals surface area contributed by atoms with Gasteiger partial charge >= 0.3 is 17.9 Å². The van der Waals surface area contributed by atoms with E-state index >= 15 is 0 Å². The van der Waals surface area contributed by atoms with E-state index in [1.807, 2.05) is 0 Å². The van der Waals surface area contributed by atoms with E-state index < -0.39 is 11.9 Å². The van der Waals surface area contributed by atoms with E-state index in [1.165, 1.54) is 6.92 Å². The van der Waals surface area contributed by atoms with Crippen molar-refractivity contribution in [2.24, 2.45) is 0 Å². The average molecular weight is 314 g/mol. The molecule has 0 aromatic heterocycles. The zero-order valence-electron chi connectivity index (χ0n) is 13.6. The minimum Gasteiger partial charge on any atom is -0.478 e. The fourth-order valence-corrected chi connectivity index (χ4v) is 1.36. The van der Waals surface area contributed by atoms with Crippen LogP contribution in [-0.4, -0.2) is 29.6 Å². The number of rotatable bonds is 9. The van der Waals surface area contributed by atoms with Crippen molar-refractivity contribution in [3.8, 4) is 0 Å². The number of unbranched alkanes of at least 4 members (excludes halogenated alkanes) is 3. The molecule has 0 aromatic carbocycles. The molecule has 0 aromatic rings. The van der Waals surface area contributed by atoms with Crippen LogP contribution < -0.4 is 0 Å².